The molecule has 6 nitrogen and oxygen atoms in total. The second-order valence-corrected chi connectivity index (χ2v) is 7.48. The molecule has 0 radical (unpaired) electrons. The minimum Gasteiger partial charge on any atom is -0.392 e. The van der Waals surface area contributed by atoms with Crippen LogP contribution >= 0.6 is 30.1 Å². The molecule has 1 N–H and O–H groups in total. The highest BCUT2D eigenvalue weighted by Crippen LogP contribution is 2.37. The highest BCUT2D eigenvalue weighted by atomic mass is 127. The number of aliphatic hydroxyl groups is 1. The van der Waals surface area contributed by atoms with E-state index in [1.54, 1.807) is 29.2 Å². The first-order valence-corrected chi connectivity index (χ1v) is 11.4. The molecule has 0 aromatic heterocycles. The summed E-state index contributed by atoms with van der Waals surface area (Å²) in [5, 5.41) is 20.8. The van der Waals surface area contributed by atoms with Crippen molar-refractivity contribution in [2.24, 2.45) is 0 Å². The smallest absolute Gasteiger partial charge is 0.277 e. The van der Waals surface area contributed by atoms with Gasteiger partial charge in [-0.15, -0.1) is 0 Å². The molecular formula is C18H19IN2O4S. The average Bonchev–Trinajstić information content (AvgIpc) is 2.67. The number of hydrogen-bond acceptors (Lipinski definition) is 5. The zero-order chi connectivity index (χ0) is 19.3. The number of aliphatic hydroxyl groups excluding tert-OH is 1. The lowest BCUT2D eigenvalue weighted by Gasteiger charge is -2.21. The van der Waals surface area contributed by atoms with E-state index in [-0.39, 0.29) is 18.2 Å². The number of carbonyl (C=O) groups excluding carboxylic acids is 1. The van der Waals surface area contributed by atoms with Crippen molar-refractivity contribution in [3.63, 3.8) is 0 Å². The van der Waals surface area contributed by atoms with E-state index < -0.39 is 4.92 Å². The minimum absolute atomic E-state index is 0.124. The van der Waals surface area contributed by atoms with Crippen LogP contribution < -0.4 is 0 Å². The second kappa shape index (κ2) is 9.33. The number of nitrogens with zero attached hydrogens (tertiary/aromatic N) is 2. The predicted octanol–water partition coefficient (Wildman–Crippen LogP) is 4.68. The van der Waals surface area contributed by atoms with Crippen LogP contribution in [0.5, 0.6) is 0 Å². The number of rotatable bonds is 7. The third kappa shape index (κ3) is 4.36. The molecule has 26 heavy (non-hydrogen) atoms. The molecule has 0 unspecified atom stereocenters. The normalized spacial score (nSPS) is 10.6. The van der Waals surface area contributed by atoms with E-state index in [9.17, 15) is 20.0 Å². The van der Waals surface area contributed by atoms with E-state index >= 15 is 0 Å². The van der Waals surface area contributed by atoms with Crippen LogP contribution in [-0.2, 0) is 6.61 Å². The van der Waals surface area contributed by atoms with Crippen LogP contribution in [0.3, 0.4) is 0 Å². The van der Waals surface area contributed by atoms with Gasteiger partial charge in [0.05, 0.1) is 17.1 Å². The maximum absolute atomic E-state index is 12.9. The van der Waals surface area contributed by atoms with E-state index in [4.69, 9.17) is 0 Å². The second-order valence-electron chi connectivity index (χ2n) is 5.53. The number of benzene rings is 2. The molecule has 0 heterocycles. The predicted molar refractivity (Wildman–Crippen MR) is 112 cm³/mol. The quantitative estimate of drug-likeness (QED) is 0.349. The summed E-state index contributed by atoms with van der Waals surface area (Å²) in [5.41, 5.74) is 1.66. The molecule has 0 aliphatic carbocycles. The lowest BCUT2D eigenvalue weighted by molar-refractivity contribution is -0.384. The molecule has 0 bridgehead atoms. The molecule has 0 aliphatic heterocycles. The van der Waals surface area contributed by atoms with Crippen molar-refractivity contribution >= 4 is 41.7 Å². The van der Waals surface area contributed by atoms with Crippen molar-refractivity contribution in [2.45, 2.75) is 25.3 Å². The van der Waals surface area contributed by atoms with E-state index in [0.717, 1.165) is 4.90 Å². The highest BCUT2D eigenvalue weighted by molar-refractivity contribution is 14.2. The van der Waals surface area contributed by atoms with Gasteiger partial charge in [0, 0.05) is 56.4 Å². The molecule has 2 aromatic rings. The Morgan fingerprint density at radius 3 is 2.42 bits per heavy atom. The number of nitro groups is 1. The number of nitro benzene ring substituents is 1. The van der Waals surface area contributed by atoms with Crippen molar-refractivity contribution in [1.82, 2.24) is 4.90 Å². The third-order valence-electron chi connectivity index (χ3n) is 4.09. The fourth-order valence-electron chi connectivity index (χ4n) is 2.72. The van der Waals surface area contributed by atoms with Crippen LogP contribution in [0.15, 0.2) is 41.3 Å². The lowest BCUT2D eigenvalue weighted by atomic mass is 9.96. The van der Waals surface area contributed by atoms with Gasteiger partial charge in [-0.25, -0.2) is 0 Å². The van der Waals surface area contributed by atoms with Gasteiger partial charge in [-0.3, -0.25) is 14.9 Å². The summed E-state index contributed by atoms with van der Waals surface area (Å²) in [7, 11) is 1.48. The molecule has 0 atom stereocenters. The minimum atomic E-state index is -0.482. The summed E-state index contributed by atoms with van der Waals surface area (Å²) in [6.45, 7) is 4.63. The van der Waals surface area contributed by atoms with Gasteiger partial charge >= 0.3 is 0 Å². The Morgan fingerprint density at radius 1 is 1.19 bits per heavy atom. The first-order chi connectivity index (χ1) is 12.5. The zero-order valence-electron chi connectivity index (χ0n) is 14.4. The Bertz CT molecular complexity index is 825. The molecule has 0 spiro atoms. The molecule has 138 valence electrons. The maximum Gasteiger partial charge on any atom is 0.277 e. The van der Waals surface area contributed by atoms with Gasteiger partial charge in [-0.05, 0) is 43.7 Å². The topological polar surface area (TPSA) is 83.7 Å². The number of hydrogen-bond donors (Lipinski definition) is 1. The van der Waals surface area contributed by atoms with Crippen LogP contribution in [0.1, 0.15) is 29.8 Å². The van der Waals surface area contributed by atoms with Gasteiger partial charge < -0.3 is 10.0 Å². The molecule has 0 aliphatic rings. The maximum atomic E-state index is 12.9. The zero-order valence-corrected chi connectivity index (χ0v) is 17.4. The molecular weight excluding hydrogens is 467 g/mol. The Hall–Kier alpha value is -1.65. The SMILES string of the molecule is CCN(CC)C(=O)c1ccc(SI)cc1-c1ccc(CO)cc1[N+](=O)[O-]. The van der Waals surface area contributed by atoms with E-state index in [2.05, 4.69) is 21.2 Å². The summed E-state index contributed by atoms with van der Waals surface area (Å²) in [6, 6.07) is 9.95. The van der Waals surface area contributed by atoms with Crippen molar-refractivity contribution in [2.75, 3.05) is 13.1 Å². The lowest BCUT2D eigenvalue weighted by Crippen LogP contribution is -2.30. The molecule has 2 aromatic carbocycles. The van der Waals surface area contributed by atoms with Crippen LogP contribution in [-0.4, -0.2) is 33.9 Å². The van der Waals surface area contributed by atoms with Gasteiger partial charge in [0.25, 0.3) is 11.6 Å². The Balaban J connectivity index is 2.72. The van der Waals surface area contributed by atoms with Gasteiger partial charge in [-0.2, -0.15) is 0 Å². The summed E-state index contributed by atoms with van der Waals surface area (Å²) >= 11 is 2.13. The van der Waals surface area contributed by atoms with Crippen molar-refractivity contribution in [3.8, 4) is 11.1 Å². The Morgan fingerprint density at radius 2 is 1.88 bits per heavy atom. The van der Waals surface area contributed by atoms with Crippen LogP contribution in [0.4, 0.5) is 5.69 Å². The van der Waals surface area contributed by atoms with Gasteiger partial charge in [0.15, 0.2) is 0 Å². The summed E-state index contributed by atoms with van der Waals surface area (Å²) in [5.74, 6) is -0.157. The van der Waals surface area contributed by atoms with Crippen LogP contribution in [0.2, 0.25) is 0 Å². The summed E-state index contributed by atoms with van der Waals surface area (Å²) in [4.78, 5) is 26.6. The molecule has 1 amide bonds. The Kier molecular flexibility index (Phi) is 7.42. The van der Waals surface area contributed by atoms with Crippen molar-refractivity contribution < 1.29 is 14.8 Å². The number of halogens is 1. The Labute approximate surface area is 168 Å². The van der Waals surface area contributed by atoms with E-state index in [1.807, 2.05) is 19.9 Å². The largest absolute Gasteiger partial charge is 0.392 e. The van der Waals surface area contributed by atoms with Gasteiger partial charge in [0.1, 0.15) is 0 Å². The molecule has 0 saturated heterocycles. The monoisotopic (exact) mass is 486 g/mol. The molecule has 0 saturated carbocycles. The molecule has 8 heteroatoms. The van der Waals surface area contributed by atoms with Crippen LogP contribution in [0.25, 0.3) is 11.1 Å². The summed E-state index contributed by atoms with van der Waals surface area (Å²) < 4.78 is 0. The first-order valence-electron chi connectivity index (χ1n) is 8.07. The number of amides is 1. The van der Waals surface area contributed by atoms with Crippen molar-refractivity contribution in [3.05, 3.63) is 57.6 Å². The van der Waals surface area contributed by atoms with E-state index in [1.165, 1.54) is 15.0 Å². The number of carbonyl (C=O) groups is 1. The van der Waals surface area contributed by atoms with Crippen molar-refractivity contribution in [1.29, 1.82) is 0 Å². The molecule has 0 fully saturated rings. The van der Waals surface area contributed by atoms with Gasteiger partial charge in [-0.1, -0.05) is 15.0 Å². The molecule has 2 rings (SSSR count). The standard InChI is InChI=1S/C18H19IN2O4S/c1-3-20(4-2)18(23)15-8-6-13(26-19)10-16(15)14-7-5-12(11-22)9-17(14)21(24)25/h5-10,22H,3-4,11H2,1-2H3. The third-order valence-corrected chi connectivity index (χ3v) is 6.05. The summed E-state index contributed by atoms with van der Waals surface area (Å²) in [6.07, 6.45) is 0. The average molecular weight is 486 g/mol. The highest BCUT2D eigenvalue weighted by Gasteiger charge is 2.23. The van der Waals surface area contributed by atoms with Gasteiger partial charge in [0.2, 0.25) is 0 Å². The fraction of sp³-hybridized carbons (Fsp3) is 0.278. The first kappa shape index (κ1) is 20.7. The fourth-order valence-corrected chi connectivity index (χ4v) is 3.82. The van der Waals surface area contributed by atoms with E-state index in [0.29, 0.717) is 35.3 Å². The van der Waals surface area contributed by atoms with Crippen LogP contribution in [0, 0.1) is 10.1 Å².